The van der Waals surface area contributed by atoms with Crippen molar-refractivity contribution in [2.75, 3.05) is 42.5 Å². The van der Waals surface area contributed by atoms with Crippen LogP contribution in [0.4, 0.5) is 11.8 Å². The smallest absolute Gasteiger partial charge is 0.227 e. The SMILES string of the molecule is CCC1CN(c2ncc(Cl)c(N3CC(C(=O)NC(C)(C)c4cnc5ccccn45)C3)n2)CCN1. The number of amides is 1. The van der Waals surface area contributed by atoms with Crippen molar-refractivity contribution in [1.82, 2.24) is 30.0 Å². The number of hydrogen-bond donors (Lipinski definition) is 2. The lowest BCUT2D eigenvalue weighted by molar-refractivity contribution is -0.127. The van der Waals surface area contributed by atoms with Crippen LogP contribution < -0.4 is 20.4 Å². The zero-order valence-electron chi connectivity index (χ0n) is 19.8. The summed E-state index contributed by atoms with van der Waals surface area (Å²) in [5.41, 5.74) is 1.24. The van der Waals surface area contributed by atoms with E-state index in [1.165, 1.54) is 0 Å². The fourth-order valence-corrected chi connectivity index (χ4v) is 4.90. The summed E-state index contributed by atoms with van der Waals surface area (Å²) in [5, 5.41) is 7.23. The summed E-state index contributed by atoms with van der Waals surface area (Å²) in [6.07, 6.45) is 6.52. The maximum Gasteiger partial charge on any atom is 0.227 e. The van der Waals surface area contributed by atoms with Gasteiger partial charge in [0.2, 0.25) is 11.9 Å². The summed E-state index contributed by atoms with van der Waals surface area (Å²) in [6.45, 7) is 9.98. The first-order valence-corrected chi connectivity index (χ1v) is 12.2. The number of hydrogen-bond acceptors (Lipinski definition) is 7. The highest BCUT2D eigenvalue weighted by Gasteiger charge is 2.38. The second-order valence-corrected chi connectivity index (χ2v) is 10.0. The van der Waals surface area contributed by atoms with Crippen molar-refractivity contribution in [3.05, 3.63) is 47.5 Å². The van der Waals surface area contributed by atoms with E-state index in [0.717, 1.165) is 37.4 Å². The minimum absolute atomic E-state index is 0.0189. The second-order valence-electron chi connectivity index (χ2n) is 9.64. The van der Waals surface area contributed by atoms with Crippen molar-refractivity contribution in [3.8, 4) is 0 Å². The van der Waals surface area contributed by atoms with Gasteiger partial charge in [0.1, 0.15) is 10.7 Å². The molecule has 5 rings (SSSR count). The lowest BCUT2D eigenvalue weighted by atomic mass is 9.95. The highest BCUT2D eigenvalue weighted by Crippen LogP contribution is 2.32. The summed E-state index contributed by atoms with van der Waals surface area (Å²) < 4.78 is 2.01. The molecule has 1 unspecified atom stereocenters. The Labute approximate surface area is 204 Å². The van der Waals surface area contributed by atoms with Gasteiger partial charge in [0.15, 0.2) is 5.82 Å². The Bertz CT molecular complexity index is 1190. The molecule has 9 nitrogen and oxygen atoms in total. The van der Waals surface area contributed by atoms with Gasteiger partial charge in [0, 0.05) is 45.0 Å². The molecule has 2 fully saturated rings. The summed E-state index contributed by atoms with van der Waals surface area (Å²) >= 11 is 6.45. The molecule has 34 heavy (non-hydrogen) atoms. The van der Waals surface area contributed by atoms with E-state index in [1.807, 2.05) is 48.8 Å². The molecule has 0 aliphatic carbocycles. The van der Waals surface area contributed by atoms with Crippen LogP contribution in [0.3, 0.4) is 0 Å². The summed E-state index contributed by atoms with van der Waals surface area (Å²) in [4.78, 5) is 31.0. The Morgan fingerprint density at radius 3 is 2.82 bits per heavy atom. The van der Waals surface area contributed by atoms with Gasteiger partial charge in [-0.2, -0.15) is 4.98 Å². The summed E-state index contributed by atoms with van der Waals surface area (Å²) in [7, 11) is 0. The van der Waals surface area contributed by atoms with Crippen LogP contribution in [0, 0.1) is 5.92 Å². The van der Waals surface area contributed by atoms with Crippen LogP contribution in [0.25, 0.3) is 5.65 Å². The monoisotopic (exact) mass is 482 g/mol. The van der Waals surface area contributed by atoms with E-state index in [4.69, 9.17) is 16.6 Å². The molecule has 2 aliphatic rings. The van der Waals surface area contributed by atoms with Gasteiger partial charge in [-0.05, 0) is 32.4 Å². The second kappa shape index (κ2) is 9.03. The van der Waals surface area contributed by atoms with Gasteiger partial charge in [0.05, 0.1) is 29.5 Å². The maximum atomic E-state index is 13.1. The molecule has 3 aromatic rings. The lowest BCUT2D eigenvalue weighted by Crippen LogP contribution is -2.57. The van der Waals surface area contributed by atoms with Gasteiger partial charge in [0.25, 0.3) is 0 Å². The van der Waals surface area contributed by atoms with E-state index >= 15 is 0 Å². The van der Waals surface area contributed by atoms with Gasteiger partial charge in [-0.25, -0.2) is 9.97 Å². The number of pyridine rings is 1. The van der Waals surface area contributed by atoms with Crippen LogP contribution in [0.2, 0.25) is 5.02 Å². The maximum absolute atomic E-state index is 13.1. The number of imidazole rings is 1. The number of fused-ring (bicyclic) bond motifs is 1. The highest BCUT2D eigenvalue weighted by molar-refractivity contribution is 6.32. The van der Waals surface area contributed by atoms with Gasteiger partial charge in [-0.1, -0.05) is 24.6 Å². The predicted molar refractivity (Wildman–Crippen MR) is 133 cm³/mol. The van der Waals surface area contributed by atoms with Crippen molar-refractivity contribution in [2.45, 2.75) is 38.8 Å². The van der Waals surface area contributed by atoms with Crippen LogP contribution in [-0.2, 0) is 10.3 Å². The van der Waals surface area contributed by atoms with E-state index in [-0.39, 0.29) is 11.8 Å². The Hall–Kier alpha value is -2.91. The molecule has 0 radical (unpaired) electrons. The molecule has 0 saturated carbocycles. The number of aromatic nitrogens is 4. The number of carbonyl (C=O) groups is 1. The number of halogens is 1. The fourth-order valence-electron chi connectivity index (χ4n) is 4.69. The third-order valence-electron chi connectivity index (χ3n) is 6.79. The third-order valence-corrected chi connectivity index (χ3v) is 7.06. The van der Waals surface area contributed by atoms with Crippen LogP contribution in [-0.4, -0.2) is 64.0 Å². The Morgan fingerprint density at radius 1 is 1.21 bits per heavy atom. The van der Waals surface area contributed by atoms with Crippen LogP contribution in [0.1, 0.15) is 32.9 Å². The Kier molecular flexibility index (Phi) is 6.07. The molecule has 2 N–H and O–H groups in total. The molecule has 3 aromatic heterocycles. The zero-order valence-corrected chi connectivity index (χ0v) is 20.6. The van der Waals surface area contributed by atoms with Crippen molar-refractivity contribution < 1.29 is 4.79 Å². The summed E-state index contributed by atoms with van der Waals surface area (Å²) in [6, 6.07) is 6.30. The van der Waals surface area contributed by atoms with Crippen LogP contribution >= 0.6 is 11.6 Å². The Morgan fingerprint density at radius 2 is 2.03 bits per heavy atom. The first-order valence-electron chi connectivity index (χ1n) is 11.9. The highest BCUT2D eigenvalue weighted by atomic mass is 35.5. The molecular formula is C24H31ClN8O. The number of piperazine rings is 1. The van der Waals surface area contributed by atoms with Gasteiger partial charge >= 0.3 is 0 Å². The molecule has 1 atom stereocenters. The van der Waals surface area contributed by atoms with Crippen molar-refractivity contribution in [2.24, 2.45) is 5.92 Å². The minimum Gasteiger partial charge on any atom is -0.353 e. The number of nitrogens with one attached hydrogen (secondary N) is 2. The van der Waals surface area contributed by atoms with Crippen molar-refractivity contribution in [3.63, 3.8) is 0 Å². The van der Waals surface area contributed by atoms with Crippen molar-refractivity contribution in [1.29, 1.82) is 0 Å². The van der Waals surface area contributed by atoms with Crippen LogP contribution in [0.5, 0.6) is 0 Å². The van der Waals surface area contributed by atoms with E-state index in [9.17, 15) is 4.79 Å². The first kappa shape index (κ1) is 22.9. The van der Waals surface area contributed by atoms with Gasteiger partial charge in [-0.15, -0.1) is 0 Å². The normalized spacial score (nSPS) is 19.4. The van der Waals surface area contributed by atoms with Gasteiger partial charge in [-0.3, -0.25) is 4.79 Å². The van der Waals surface area contributed by atoms with E-state index in [0.29, 0.717) is 35.9 Å². The number of anilines is 2. The van der Waals surface area contributed by atoms with Gasteiger partial charge < -0.3 is 24.8 Å². The predicted octanol–water partition coefficient (Wildman–Crippen LogP) is 2.45. The number of nitrogens with zero attached hydrogens (tertiary/aromatic N) is 6. The molecule has 1 amide bonds. The fraction of sp³-hybridized carbons (Fsp3) is 0.500. The molecule has 5 heterocycles. The standard InChI is InChI=1S/C24H31ClN8O/c1-4-17-15-31(10-8-26-17)23-28-11-18(25)21(29-23)32-13-16(14-32)22(34)30-24(2,3)19-12-27-20-7-5-6-9-33(19)20/h5-7,9,11-12,16-17,26H,4,8,10,13-15H2,1-3H3,(H,30,34). The molecule has 2 aliphatic heterocycles. The molecule has 10 heteroatoms. The minimum atomic E-state index is -0.559. The largest absolute Gasteiger partial charge is 0.353 e. The number of carbonyl (C=O) groups excluding carboxylic acids is 1. The first-order chi connectivity index (χ1) is 16.4. The lowest BCUT2D eigenvalue weighted by Gasteiger charge is -2.41. The molecule has 0 aromatic carbocycles. The van der Waals surface area contributed by atoms with E-state index in [1.54, 1.807) is 6.20 Å². The topological polar surface area (TPSA) is 90.7 Å². The third kappa shape index (κ3) is 4.30. The van der Waals surface area contributed by atoms with E-state index in [2.05, 4.69) is 37.3 Å². The van der Waals surface area contributed by atoms with E-state index < -0.39 is 5.54 Å². The van der Waals surface area contributed by atoms with Crippen LogP contribution in [0.15, 0.2) is 36.8 Å². The Balaban J connectivity index is 1.24. The molecule has 2 saturated heterocycles. The average Bonchev–Trinajstić information content (AvgIpc) is 3.24. The van der Waals surface area contributed by atoms with Crippen molar-refractivity contribution >= 4 is 34.9 Å². The average molecular weight is 483 g/mol. The molecule has 0 spiro atoms. The molecular weight excluding hydrogens is 452 g/mol. The summed E-state index contributed by atoms with van der Waals surface area (Å²) in [5.74, 6) is 1.28. The molecule has 0 bridgehead atoms. The number of rotatable bonds is 6. The zero-order chi connectivity index (χ0) is 23.9. The quantitative estimate of drug-likeness (QED) is 0.557. The molecule has 180 valence electrons.